The van der Waals surface area contributed by atoms with Gasteiger partial charge in [-0.2, -0.15) is 0 Å². The first-order valence-corrected chi connectivity index (χ1v) is 10.5. The fourth-order valence-electron chi connectivity index (χ4n) is 3.53. The van der Waals surface area contributed by atoms with Crippen LogP contribution in [0.4, 0.5) is 0 Å². The highest BCUT2D eigenvalue weighted by atomic mass is 35.5. The summed E-state index contributed by atoms with van der Waals surface area (Å²) in [6.45, 7) is 0.265. The molecule has 1 amide bonds. The van der Waals surface area contributed by atoms with Crippen LogP contribution in [0.2, 0.25) is 5.02 Å². The van der Waals surface area contributed by atoms with E-state index in [2.05, 4.69) is 0 Å². The predicted molar refractivity (Wildman–Crippen MR) is 117 cm³/mol. The molecule has 0 saturated carbocycles. The normalized spacial score (nSPS) is 18.1. The van der Waals surface area contributed by atoms with Crippen LogP contribution >= 0.6 is 22.9 Å². The molecule has 7 heteroatoms. The summed E-state index contributed by atoms with van der Waals surface area (Å²) in [7, 11) is 1.55. The molecule has 1 N–H and O–H groups in total. The predicted octanol–water partition coefficient (Wildman–Crippen LogP) is 5.03. The van der Waals surface area contributed by atoms with Crippen molar-refractivity contribution in [2.45, 2.75) is 12.6 Å². The molecule has 1 aliphatic heterocycles. The molecule has 1 fully saturated rings. The van der Waals surface area contributed by atoms with Gasteiger partial charge < -0.3 is 14.7 Å². The van der Waals surface area contributed by atoms with Crippen LogP contribution in [0.25, 0.3) is 5.76 Å². The lowest BCUT2D eigenvalue weighted by atomic mass is 9.95. The highest BCUT2D eigenvalue weighted by Gasteiger charge is 2.46. The molecule has 1 unspecified atom stereocenters. The zero-order valence-electron chi connectivity index (χ0n) is 16.0. The average Bonchev–Trinajstić information content (AvgIpc) is 3.36. The summed E-state index contributed by atoms with van der Waals surface area (Å²) >= 11 is 7.45. The van der Waals surface area contributed by atoms with Gasteiger partial charge in [-0.15, -0.1) is 11.3 Å². The quantitative estimate of drug-likeness (QED) is 0.344. The van der Waals surface area contributed by atoms with E-state index in [1.165, 1.54) is 16.2 Å². The number of ketones is 1. The second-order valence-corrected chi connectivity index (χ2v) is 8.26. The number of halogens is 1. The number of aliphatic hydroxyl groups is 1. The van der Waals surface area contributed by atoms with Crippen LogP contribution in [0.15, 0.2) is 71.6 Å². The summed E-state index contributed by atoms with van der Waals surface area (Å²) < 4.78 is 5.32. The number of carbonyl (C=O) groups excluding carboxylic acids is 2. The van der Waals surface area contributed by atoms with Gasteiger partial charge in [0.25, 0.3) is 11.7 Å². The first kappa shape index (κ1) is 20.2. The summed E-state index contributed by atoms with van der Waals surface area (Å²) in [5.74, 6) is -0.995. The number of hydrogen-bond acceptors (Lipinski definition) is 5. The number of carbonyl (C=O) groups is 2. The van der Waals surface area contributed by atoms with Crippen LogP contribution in [0.3, 0.4) is 0 Å². The number of amides is 1. The number of ether oxygens (including phenoxy) is 1. The Bertz CT molecular complexity index is 1120. The fraction of sp³-hybridized carbons (Fsp3) is 0.130. The van der Waals surface area contributed by atoms with Crippen molar-refractivity contribution in [3.05, 3.63) is 92.6 Å². The number of likely N-dealkylation sites (tertiary alicyclic amines) is 1. The maximum atomic E-state index is 13.0. The van der Waals surface area contributed by atoms with E-state index in [1.807, 2.05) is 23.6 Å². The second kappa shape index (κ2) is 8.34. The third kappa shape index (κ3) is 3.72. The highest BCUT2D eigenvalue weighted by Crippen LogP contribution is 2.41. The van der Waals surface area contributed by atoms with Gasteiger partial charge in [0.1, 0.15) is 11.5 Å². The van der Waals surface area contributed by atoms with Crippen LogP contribution in [0.1, 0.15) is 22.0 Å². The number of methoxy groups -OCH3 is 1. The molecule has 30 heavy (non-hydrogen) atoms. The Hall–Kier alpha value is -3.09. The molecule has 1 aliphatic rings. The van der Waals surface area contributed by atoms with Gasteiger partial charge in [0.15, 0.2) is 0 Å². The number of benzene rings is 2. The number of nitrogens with zero attached hydrogens (tertiary/aromatic N) is 1. The van der Waals surface area contributed by atoms with Crippen molar-refractivity contribution >= 4 is 40.4 Å². The molecule has 1 atom stereocenters. The van der Waals surface area contributed by atoms with Crippen LogP contribution < -0.4 is 4.74 Å². The van der Waals surface area contributed by atoms with Gasteiger partial charge in [0, 0.05) is 15.5 Å². The highest BCUT2D eigenvalue weighted by molar-refractivity contribution is 7.09. The molecule has 1 aromatic heterocycles. The molecule has 152 valence electrons. The first-order valence-electron chi connectivity index (χ1n) is 9.20. The number of thiophene rings is 1. The lowest BCUT2D eigenvalue weighted by Gasteiger charge is -2.25. The molecule has 0 spiro atoms. The van der Waals surface area contributed by atoms with Crippen molar-refractivity contribution in [2.75, 3.05) is 7.11 Å². The zero-order valence-corrected chi connectivity index (χ0v) is 17.6. The molecule has 0 radical (unpaired) electrons. The smallest absolute Gasteiger partial charge is 0.295 e. The maximum Gasteiger partial charge on any atom is 0.295 e. The van der Waals surface area contributed by atoms with Crippen LogP contribution in [0.5, 0.6) is 5.75 Å². The zero-order chi connectivity index (χ0) is 21.3. The van der Waals surface area contributed by atoms with Gasteiger partial charge in [0.05, 0.1) is 25.3 Å². The second-order valence-electron chi connectivity index (χ2n) is 6.79. The minimum absolute atomic E-state index is 0.0483. The van der Waals surface area contributed by atoms with Crippen molar-refractivity contribution in [1.82, 2.24) is 4.90 Å². The minimum atomic E-state index is -0.738. The van der Waals surface area contributed by atoms with E-state index in [1.54, 1.807) is 49.6 Å². The molecule has 3 aromatic rings. The lowest BCUT2D eigenvalue weighted by molar-refractivity contribution is -0.140. The van der Waals surface area contributed by atoms with Crippen LogP contribution in [0, 0.1) is 0 Å². The Kier molecular flexibility index (Phi) is 5.61. The van der Waals surface area contributed by atoms with Gasteiger partial charge in [-0.05, 0) is 53.4 Å². The number of Topliss-reactive ketones (excluding diaryl/α,β-unsaturated/α-hetero) is 1. The largest absolute Gasteiger partial charge is 0.507 e. The van der Waals surface area contributed by atoms with Gasteiger partial charge in [-0.25, -0.2) is 0 Å². The van der Waals surface area contributed by atoms with Crippen LogP contribution in [-0.4, -0.2) is 28.8 Å². The van der Waals surface area contributed by atoms with E-state index in [0.29, 0.717) is 21.9 Å². The summed E-state index contributed by atoms with van der Waals surface area (Å²) in [5.41, 5.74) is 1.15. The molecule has 0 aliphatic carbocycles. The number of aliphatic hydroxyl groups excluding tert-OH is 1. The molecule has 2 aromatic carbocycles. The fourth-order valence-corrected chi connectivity index (χ4v) is 4.36. The molecular weight excluding hydrogens is 422 g/mol. The lowest BCUT2D eigenvalue weighted by Crippen LogP contribution is -2.28. The molecule has 1 saturated heterocycles. The Morgan fingerprint density at radius 3 is 2.57 bits per heavy atom. The van der Waals surface area contributed by atoms with E-state index >= 15 is 0 Å². The summed E-state index contributed by atoms with van der Waals surface area (Å²) in [4.78, 5) is 28.4. The topological polar surface area (TPSA) is 66.8 Å². The van der Waals surface area contributed by atoms with Crippen LogP contribution in [-0.2, 0) is 16.1 Å². The van der Waals surface area contributed by atoms with Gasteiger partial charge in [-0.3, -0.25) is 9.59 Å². The summed E-state index contributed by atoms with van der Waals surface area (Å²) in [6, 6.07) is 16.7. The molecule has 4 rings (SSSR count). The molecular formula is C23H18ClNO4S. The Morgan fingerprint density at radius 1 is 1.13 bits per heavy atom. The third-order valence-electron chi connectivity index (χ3n) is 4.97. The number of rotatable bonds is 5. The maximum absolute atomic E-state index is 13.0. The van der Waals surface area contributed by atoms with Gasteiger partial charge in [-0.1, -0.05) is 29.8 Å². The summed E-state index contributed by atoms with van der Waals surface area (Å²) in [6.07, 6.45) is 0. The minimum Gasteiger partial charge on any atom is -0.507 e. The van der Waals surface area contributed by atoms with Gasteiger partial charge in [0.2, 0.25) is 0 Å². The number of hydrogen-bond donors (Lipinski definition) is 1. The monoisotopic (exact) mass is 439 g/mol. The first-order chi connectivity index (χ1) is 14.5. The standard InChI is InChI=1S/C23H18ClNO4S/c1-29-17-5-2-4-15(12-17)20-19(21(26)14-7-9-16(24)10-8-14)22(27)23(28)25(20)13-18-6-3-11-30-18/h2-12,20,26H,13H2,1H3/b21-19-. The SMILES string of the molecule is COc1cccc(C2/C(=C(/O)c3ccc(Cl)cc3)C(=O)C(=O)N2Cc2cccs2)c1. The van der Waals surface area contributed by atoms with Crippen molar-refractivity contribution in [2.24, 2.45) is 0 Å². The molecule has 5 nitrogen and oxygen atoms in total. The van der Waals surface area contributed by atoms with Gasteiger partial charge >= 0.3 is 0 Å². The van der Waals surface area contributed by atoms with Crippen molar-refractivity contribution < 1.29 is 19.4 Å². The van der Waals surface area contributed by atoms with Crippen molar-refractivity contribution in [3.63, 3.8) is 0 Å². The summed E-state index contributed by atoms with van der Waals surface area (Å²) in [5, 5.41) is 13.4. The molecule has 0 bridgehead atoms. The van der Waals surface area contributed by atoms with E-state index < -0.39 is 17.7 Å². The van der Waals surface area contributed by atoms with E-state index in [-0.39, 0.29) is 17.9 Å². The third-order valence-corrected chi connectivity index (χ3v) is 6.09. The van der Waals surface area contributed by atoms with Crippen molar-refractivity contribution in [3.8, 4) is 5.75 Å². The van der Waals surface area contributed by atoms with E-state index in [0.717, 1.165) is 4.88 Å². The van der Waals surface area contributed by atoms with E-state index in [9.17, 15) is 14.7 Å². The van der Waals surface area contributed by atoms with Crippen molar-refractivity contribution in [1.29, 1.82) is 0 Å². The Morgan fingerprint density at radius 2 is 1.90 bits per heavy atom. The average molecular weight is 440 g/mol. The Balaban J connectivity index is 1.87. The van der Waals surface area contributed by atoms with E-state index in [4.69, 9.17) is 16.3 Å². The molecule has 2 heterocycles. The Labute approximate surface area is 182 Å².